The van der Waals surface area contributed by atoms with Gasteiger partial charge in [-0.3, -0.25) is 0 Å². The average Bonchev–Trinajstić information content (AvgIpc) is 2.87. The zero-order valence-electron chi connectivity index (χ0n) is 13.8. The van der Waals surface area contributed by atoms with E-state index in [1.165, 1.54) is 27.7 Å². The molecule has 0 amide bonds. The van der Waals surface area contributed by atoms with Crippen LogP contribution in [0.2, 0.25) is 0 Å². The number of piperidine rings is 1. The molecule has 0 aliphatic carbocycles. The van der Waals surface area contributed by atoms with Gasteiger partial charge in [-0.1, -0.05) is 29.8 Å². The first-order chi connectivity index (χ1) is 10.7. The summed E-state index contributed by atoms with van der Waals surface area (Å²) in [6, 6.07) is 8.41. The molecule has 3 heteroatoms. The first kappa shape index (κ1) is 15.3. The Morgan fingerprint density at radius 3 is 2.86 bits per heavy atom. The van der Waals surface area contributed by atoms with Crippen molar-refractivity contribution in [2.24, 2.45) is 5.92 Å². The van der Waals surface area contributed by atoms with Crippen molar-refractivity contribution >= 4 is 10.9 Å². The molecule has 3 rings (SSSR count). The van der Waals surface area contributed by atoms with E-state index >= 15 is 0 Å². The first-order valence-corrected chi connectivity index (χ1v) is 8.17. The van der Waals surface area contributed by atoms with Gasteiger partial charge in [0.05, 0.1) is 6.61 Å². The standard InChI is InChI=1S/C19H26N2O/c1-4-14-11-21(3)10-9-16(14)17(12-22)19-13(2)15-7-5-6-8-18(15)20-19/h4-8,16-17,20,22H,9-12H2,1-3H3/b14-4+. The number of rotatable bonds is 3. The zero-order valence-corrected chi connectivity index (χ0v) is 13.8. The number of likely N-dealkylation sites (N-methyl/N-ethyl adjacent to an activating group) is 1. The summed E-state index contributed by atoms with van der Waals surface area (Å²) in [5.74, 6) is 0.588. The number of allylic oxidation sites excluding steroid dienone is 1. The van der Waals surface area contributed by atoms with Crippen molar-refractivity contribution in [3.63, 3.8) is 0 Å². The fourth-order valence-electron chi connectivity index (χ4n) is 3.91. The third-order valence-electron chi connectivity index (χ3n) is 5.18. The maximum Gasteiger partial charge on any atom is 0.0519 e. The molecule has 2 heterocycles. The van der Waals surface area contributed by atoms with Gasteiger partial charge in [-0.2, -0.15) is 0 Å². The van der Waals surface area contributed by atoms with Crippen LogP contribution in [0.5, 0.6) is 0 Å². The summed E-state index contributed by atoms with van der Waals surface area (Å²) >= 11 is 0. The minimum absolute atomic E-state index is 0.160. The molecule has 0 bridgehead atoms. The van der Waals surface area contributed by atoms with Gasteiger partial charge in [0.2, 0.25) is 0 Å². The van der Waals surface area contributed by atoms with E-state index in [0.29, 0.717) is 5.92 Å². The molecule has 1 aromatic carbocycles. The van der Waals surface area contributed by atoms with Crippen LogP contribution in [0.4, 0.5) is 0 Å². The van der Waals surface area contributed by atoms with Gasteiger partial charge in [-0.05, 0) is 51.4 Å². The van der Waals surface area contributed by atoms with Gasteiger partial charge in [-0.15, -0.1) is 0 Å². The highest BCUT2D eigenvalue weighted by molar-refractivity contribution is 5.84. The number of aryl methyl sites for hydroxylation is 1. The fourth-order valence-corrected chi connectivity index (χ4v) is 3.91. The number of hydrogen-bond donors (Lipinski definition) is 2. The number of benzene rings is 1. The molecule has 22 heavy (non-hydrogen) atoms. The summed E-state index contributed by atoms with van der Waals surface area (Å²) in [5.41, 5.74) is 5.11. The molecule has 0 spiro atoms. The molecule has 2 N–H and O–H groups in total. The third kappa shape index (κ3) is 2.59. The lowest BCUT2D eigenvalue weighted by Crippen LogP contribution is -2.36. The molecule has 118 valence electrons. The van der Waals surface area contributed by atoms with Crippen molar-refractivity contribution in [2.45, 2.75) is 26.2 Å². The lowest BCUT2D eigenvalue weighted by atomic mass is 9.78. The number of aromatic nitrogens is 1. The van der Waals surface area contributed by atoms with Crippen LogP contribution in [0.15, 0.2) is 35.9 Å². The molecule has 0 radical (unpaired) electrons. The van der Waals surface area contributed by atoms with E-state index in [2.05, 4.69) is 61.1 Å². The number of likely N-dealkylation sites (tertiary alicyclic amines) is 1. The third-order valence-corrected chi connectivity index (χ3v) is 5.18. The Balaban J connectivity index is 2.00. The number of fused-ring (bicyclic) bond motifs is 1. The predicted octanol–water partition coefficient (Wildman–Crippen LogP) is 3.45. The monoisotopic (exact) mass is 298 g/mol. The van der Waals surface area contributed by atoms with Crippen molar-refractivity contribution in [3.8, 4) is 0 Å². The molecule has 2 unspecified atom stereocenters. The topological polar surface area (TPSA) is 39.3 Å². The van der Waals surface area contributed by atoms with Crippen LogP contribution < -0.4 is 0 Å². The van der Waals surface area contributed by atoms with E-state index in [1.54, 1.807) is 0 Å². The summed E-state index contributed by atoms with van der Waals surface area (Å²) in [5, 5.41) is 11.4. The first-order valence-electron chi connectivity index (χ1n) is 8.17. The van der Waals surface area contributed by atoms with Crippen LogP contribution >= 0.6 is 0 Å². The summed E-state index contributed by atoms with van der Waals surface area (Å²) in [6.07, 6.45) is 3.34. The van der Waals surface area contributed by atoms with Gasteiger partial charge < -0.3 is 15.0 Å². The molecule has 1 saturated heterocycles. The van der Waals surface area contributed by atoms with Crippen molar-refractivity contribution < 1.29 is 5.11 Å². The maximum atomic E-state index is 10.1. The lowest BCUT2D eigenvalue weighted by Gasteiger charge is -2.36. The Bertz CT molecular complexity index is 686. The molecule has 1 aliphatic rings. The molecule has 3 nitrogen and oxygen atoms in total. The SMILES string of the molecule is C/C=C1\CN(C)CCC1C(CO)c1[nH]c2ccccc2c1C. The van der Waals surface area contributed by atoms with Crippen molar-refractivity contribution in [2.75, 3.05) is 26.7 Å². The normalized spacial score (nSPS) is 23.3. The number of hydrogen-bond acceptors (Lipinski definition) is 2. The largest absolute Gasteiger partial charge is 0.396 e. The smallest absolute Gasteiger partial charge is 0.0519 e. The van der Waals surface area contributed by atoms with Crippen molar-refractivity contribution in [1.29, 1.82) is 0 Å². The Hall–Kier alpha value is -1.58. The summed E-state index contributed by atoms with van der Waals surface area (Å²) in [7, 11) is 2.17. The quantitative estimate of drug-likeness (QED) is 0.852. The molecule has 0 saturated carbocycles. The Kier molecular flexibility index (Phi) is 4.37. The van der Waals surface area contributed by atoms with E-state index in [4.69, 9.17) is 0 Å². The van der Waals surface area contributed by atoms with E-state index in [9.17, 15) is 5.11 Å². The van der Waals surface area contributed by atoms with Crippen LogP contribution in [0.3, 0.4) is 0 Å². The van der Waals surface area contributed by atoms with Crippen LogP contribution in [-0.2, 0) is 0 Å². The number of aromatic amines is 1. The molecule has 1 aliphatic heterocycles. The van der Waals surface area contributed by atoms with Gasteiger partial charge >= 0.3 is 0 Å². The zero-order chi connectivity index (χ0) is 15.7. The van der Waals surface area contributed by atoms with E-state index in [1.807, 2.05) is 0 Å². The van der Waals surface area contributed by atoms with Crippen LogP contribution in [0.1, 0.15) is 30.5 Å². The van der Waals surface area contributed by atoms with E-state index in [-0.39, 0.29) is 12.5 Å². The van der Waals surface area contributed by atoms with Crippen LogP contribution in [-0.4, -0.2) is 41.7 Å². The van der Waals surface area contributed by atoms with Crippen LogP contribution in [0.25, 0.3) is 10.9 Å². The number of H-pyrrole nitrogens is 1. The van der Waals surface area contributed by atoms with E-state index in [0.717, 1.165) is 19.5 Å². The number of aliphatic hydroxyl groups excluding tert-OH is 1. The highest BCUT2D eigenvalue weighted by Gasteiger charge is 2.31. The Labute approximate surface area is 132 Å². The highest BCUT2D eigenvalue weighted by atomic mass is 16.3. The van der Waals surface area contributed by atoms with Crippen LogP contribution in [0, 0.1) is 12.8 Å². The van der Waals surface area contributed by atoms with Crippen molar-refractivity contribution in [1.82, 2.24) is 9.88 Å². The summed E-state index contributed by atoms with van der Waals surface area (Å²) in [6.45, 7) is 6.59. The predicted molar refractivity (Wildman–Crippen MR) is 92.2 cm³/mol. The molecular formula is C19H26N2O. The number of nitrogens with zero attached hydrogens (tertiary/aromatic N) is 1. The molecular weight excluding hydrogens is 272 g/mol. The lowest BCUT2D eigenvalue weighted by molar-refractivity contribution is 0.194. The number of nitrogens with one attached hydrogen (secondary N) is 1. The Morgan fingerprint density at radius 1 is 1.41 bits per heavy atom. The van der Waals surface area contributed by atoms with Gasteiger partial charge in [0.25, 0.3) is 0 Å². The van der Waals surface area contributed by atoms with E-state index < -0.39 is 0 Å². The van der Waals surface area contributed by atoms with Crippen molar-refractivity contribution in [3.05, 3.63) is 47.2 Å². The number of para-hydroxylation sites is 1. The maximum absolute atomic E-state index is 10.1. The molecule has 2 aromatic rings. The second-order valence-corrected chi connectivity index (χ2v) is 6.49. The summed E-state index contributed by atoms with van der Waals surface area (Å²) in [4.78, 5) is 5.93. The minimum Gasteiger partial charge on any atom is -0.396 e. The highest BCUT2D eigenvalue weighted by Crippen LogP contribution is 2.38. The molecule has 1 aromatic heterocycles. The van der Waals surface area contributed by atoms with Gasteiger partial charge in [-0.25, -0.2) is 0 Å². The van der Waals surface area contributed by atoms with Gasteiger partial charge in [0.1, 0.15) is 0 Å². The molecule has 1 fully saturated rings. The summed E-state index contributed by atoms with van der Waals surface area (Å²) < 4.78 is 0. The second-order valence-electron chi connectivity index (χ2n) is 6.49. The molecule has 2 atom stereocenters. The fraction of sp³-hybridized carbons (Fsp3) is 0.474. The van der Waals surface area contributed by atoms with Gasteiger partial charge in [0.15, 0.2) is 0 Å². The number of aliphatic hydroxyl groups is 1. The minimum atomic E-state index is 0.160. The Morgan fingerprint density at radius 2 is 2.18 bits per heavy atom. The second kappa shape index (κ2) is 6.27. The van der Waals surface area contributed by atoms with Gasteiger partial charge in [0, 0.05) is 29.1 Å². The average molecular weight is 298 g/mol.